The molecule has 0 atom stereocenters. The topological polar surface area (TPSA) is 29.0 Å². The first-order valence-electron chi connectivity index (χ1n) is 7.37. The Kier molecular flexibility index (Phi) is 7.14. The maximum absolute atomic E-state index is 6.26. The molecule has 4 heteroatoms. The Balaban J connectivity index is 3.02. The zero-order valence-corrected chi connectivity index (χ0v) is 13.4. The molecule has 0 aliphatic rings. The van der Waals surface area contributed by atoms with Crippen molar-refractivity contribution in [1.82, 2.24) is 9.97 Å². The van der Waals surface area contributed by atoms with E-state index in [4.69, 9.17) is 11.6 Å². The minimum atomic E-state index is 0.342. The third kappa shape index (κ3) is 4.64. The van der Waals surface area contributed by atoms with Crippen LogP contribution < -0.4 is 4.90 Å². The number of unbranched alkanes of at least 4 members (excludes halogenated alkanes) is 2. The largest absolute Gasteiger partial charge is 0.356 e. The van der Waals surface area contributed by atoms with Crippen LogP contribution in [0.25, 0.3) is 0 Å². The van der Waals surface area contributed by atoms with Gasteiger partial charge in [-0.1, -0.05) is 52.1 Å². The summed E-state index contributed by atoms with van der Waals surface area (Å²) >= 11 is 6.26. The van der Waals surface area contributed by atoms with Gasteiger partial charge >= 0.3 is 0 Å². The van der Waals surface area contributed by atoms with Crippen molar-refractivity contribution in [3.63, 3.8) is 0 Å². The van der Waals surface area contributed by atoms with Crippen LogP contribution in [0.2, 0.25) is 5.15 Å². The van der Waals surface area contributed by atoms with E-state index < -0.39 is 0 Å². The number of aromatic nitrogens is 2. The van der Waals surface area contributed by atoms with Crippen LogP contribution >= 0.6 is 11.6 Å². The van der Waals surface area contributed by atoms with E-state index >= 15 is 0 Å². The van der Waals surface area contributed by atoms with Crippen molar-refractivity contribution in [2.45, 2.75) is 59.3 Å². The van der Waals surface area contributed by atoms with Gasteiger partial charge in [-0.25, -0.2) is 9.97 Å². The van der Waals surface area contributed by atoms with Crippen molar-refractivity contribution in [3.05, 3.63) is 17.0 Å². The Bertz CT molecular complexity index is 372. The fraction of sp³-hybridized carbons (Fsp3) is 0.733. The van der Waals surface area contributed by atoms with E-state index in [-0.39, 0.29) is 0 Å². The molecule has 0 N–H and O–H groups in total. The van der Waals surface area contributed by atoms with Crippen LogP contribution in [0.5, 0.6) is 0 Å². The summed E-state index contributed by atoms with van der Waals surface area (Å²) in [6.45, 7) is 10.8. The average Bonchev–Trinajstić information content (AvgIpc) is 2.38. The zero-order valence-electron chi connectivity index (χ0n) is 12.6. The Morgan fingerprint density at radius 3 is 2.16 bits per heavy atom. The average molecular weight is 284 g/mol. The molecule has 1 rings (SSSR count). The van der Waals surface area contributed by atoms with E-state index in [1.165, 1.54) is 25.7 Å². The molecule has 108 valence electrons. The molecule has 0 aliphatic carbocycles. The van der Waals surface area contributed by atoms with Crippen molar-refractivity contribution in [1.29, 1.82) is 0 Å². The third-order valence-electron chi connectivity index (χ3n) is 3.25. The highest BCUT2D eigenvalue weighted by atomic mass is 35.5. The van der Waals surface area contributed by atoms with E-state index in [9.17, 15) is 0 Å². The highest BCUT2D eigenvalue weighted by Crippen LogP contribution is 2.30. The lowest BCUT2D eigenvalue weighted by molar-refractivity contribution is 0.663. The van der Waals surface area contributed by atoms with Crippen LogP contribution in [0.1, 0.15) is 64.9 Å². The van der Waals surface area contributed by atoms with E-state index in [2.05, 4.69) is 42.6 Å². The molecule has 0 aromatic carbocycles. The van der Waals surface area contributed by atoms with Gasteiger partial charge in [-0.2, -0.15) is 0 Å². The van der Waals surface area contributed by atoms with E-state index in [1.54, 1.807) is 6.33 Å². The van der Waals surface area contributed by atoms with Crippen molar-refractivity contribution in [2.24, 2.45) is 0 Å². The summed E-state index contributed by atoms with van der Waals surface area (Å²) in [5.74, 6) is 1.37. The van der Waals surface area contributed by atoms with Crippen LogP contribution in [0.15, 0.2) is 6.33 Å². The normalized spacial score (nSPS) is 11.1. The lowest BCUT2D eigenvalue weighted by Gasteiger charge is -2.27. The van der Waals surface area contributed by atoms with Crippen LogP contribution in [-0.2, 0) is 0 Å². The Labute approximate surface area is 122 Å². The number of nitrogens with zero attached hydrogens (tertiary/aromatic N) is 3. The standard InChI is InChI=1S/C15H26ClN3/c1-5-7-9-19(10-8-6-2)15-13(12(3)4)14(16)17-11-18-15/h11-12H,5-10H2,1-4H3. The van der Waals surface area contributed by atoms with Gasteiger partial charge in [0.1, 0.15) is 17.3 Å². The maximum Gasteiger partial charge on any atom is 0.138 e. The van der Waals surface area contributed by atoms with Gasteiger partial charge in [-0.15, -0.1) is 0 Å². The number of anilines is 1. The molecule has 19 heavy (non-hydrogen) atoms. The lowest BCUT2D eigenvalue weighted by atomic mass is 10.1. The van der Waals surface area contributed by atoms with Crippen molar-refractivity contribution in [2.75, 3.05) is 18.0 Å². The summed E-state index contributed by atoms with van der Waals surface area (Å²) in [5.41, 5.74) is 1.08. The smallest absolute Gasteiger partial charge is 0.138 e. The second-order valence-corrected chi connectivity index (χ2v) is 5.61. The van der Waals surface area contributed by atoms with Gasteiger partial charge in [0, 0.05) is 18.7 Å². The van der Waals surface area contributed by atoms with Crippen molar-refractivity contribution >= 4 is 17.4 Å². The fourth-order valence-corrected chi connectivity index (χ4v) is 2.48. The van der Waals surface area contributed by atoms with E-state index in [0.717, 1.165) is 24.5 Å². The predicted octanol–water partition coefficient (Wildman–Crippen LogP) is 4.66. The predicted molar refractivity (Wildman–Crippen MR) is 83.2 cm³/mol. The molecule has 0 radical (unpaired) electrons. The quantitative estimate of drug-likeness (QED) is 0.650. The minimum absolute atomic E-state index is 0.342. The summed E-state index contributed by atoms with van der Waals surface area (Å²) in [7, 11) is 0. The monoisotopic (exact) mass is 283 g/mol. The molecule has 0 saturated heterocycles. The number of hydrogen-bond donors (Lipinski definition) is 0. The Hall–Kier alpha value is -0.830. The second kappa shape index (κ2) is 8.36. The summed E-state index contributed by atoms with van der Waals surface area (Å²) < 4.78 is 0. The molecule has 1 heterocycles. The van der Waals surface area contributed by atoms with Crippen LogP contribution in [-0.4, -0.2) is 23.1 Å². The number of rotatable bonds is 8. The number of halogens is 1. The Morgan fingerprint density at radius 2 is 1.68 bits per heavy atom. The SMILES string of the molecule is CCCCN(CCCC)c1ncnc(Cl)c1C(C)C. The van der Waals surface area contributed by atoms with Crippen molar-refractivity contribution in [3.8, 4) is 0 Å². The molecule has 1 aromatic heterocycles. The first-order chi connectivity index (χ1) is 9.11. The molecule has 0 bridgehead atoms. The third-order valence-corrected chi connectivity index (χ3v) is 3.56. The highest BCUT2D eigenvalue weighted by Gasteiger charge is 2.18. The zero-order chi connectivity index (χ0) is 14.3. The Morgan fingerprint density at radius 1 is 1.11 bits per heavy atom. The van der Waals surface area contributed by atoms with Gasteiger partial charge in [-0.05, 0) is 18.8 Å². The molecule has 1 aromatic rings. The molecule has 0 amide bonds. The summed E-state index contributed by atoms with van der Waals surface area (Å²) in [5, 5.41) is 0.595. The second-order valence-electron chi connectivity index (χ2n) is 5.25. The molecule has 0 saturated carbocycles. The lowest BCUT2D eigenvalue weighted by Crippen LogP contribution is -2.28. The van der Waals surface area contributed by atoms with Gasteiger partial charge < -0.3 is 4.90 Å². The number of hydrogen-bond acceptors (Lipinski definition) is 3. The van der Waals surface area contributed by atoms with Gasteiger partial charge in [-0.3, -0.25) is 0 Å². The summed E-state index contributed by atoms with van der Waals surface area (Å²) in [6.07, 6.45) is 6.33. The summed E-state index contributed by atoms with van der Waals surface area (Å²) in [6, 6.07) is 0. The highest BCUT2D eigenvalue weighted by molar-refractivity contribution is 6.30. The maximum atomic E-state index is 6.26. The van der Waals surface area contributed by atoms with E-state index in [0.29, 0.717) is 11.1 Å². The summed E-state index contributed by atoms with van der Waals surface area (Å²) in [4.78, 5) is 11.0. The molecule has 0 aliphatic heterocycles. The van der Waals surface area contributed by atoms with Gasteiger partial charge in [0.25, 0.3) is 0 Å². The molecular weight excluding hydrogens is 258 g/mol. The molecule has 0 spiro atoms. The van der Waals surface area contributed by atoms with Crippen LogP contribution in [0.4, 0.5) is 5.82 Å². The van der Waals surface area contributed by atoms with Gasteiger partial charge in [0.2, 0.25) is 0 Å². The van der Waals surface area contributed by atoms with Crippen LogP contribution in [0.3, 0.4) is 0 Å². The van der Waals surface area contributed by atoms with Crippen LogP contribution in [0, 0.1) is 0 Å². The molecule has 3 nitrogen and oxygen atoms in total. The first kappa shape index (κ1) is 16.2. The van der Waals surface area contributed by atoms with Crippen molar-refractivity contribution < 1.29 is 0 Å². The van der Waals surface area contributed by atoms with Gasteiger partial charge in [0.15, 0.2) is 0 Å². The van der Waals surface area contributed by atoms with E-state index in [1.807, 2.05) is 0 Å². The minimum Gasteiger partial charge on any atom is -0.356 e. The fourth-order valence-electron chi connectivity index (χ4n) is 2.14. The first-order valence-corrected chi connectivity index (χ1v) is 7.74. The molecule has 0 unspecified atom stereocenters. The van der Waals surface area contributed by atoms with Gasteiger partial charge in [0.05, 0.1) is 0 Å². The molecule has 0 fully saturated rings. The molecular formula is C15H26ClN3.